The van der Waals surface area contributed by atoms with Gasteiger partial charge < -0.3 is 24.3 Å². The second-order valence-corrected chi connectivity index (χ2v) is 10.7. The monoisotopic (exact) mass is 580 g/mol. The molecule has 1 aliphatic rings. The first-order chi connectivity index (χ1) is 19.9. The van der Waals surface area contributed by atoms with E-state index >= 15 is 0 Å². The molecule has 0 amide bonds. The van der Waals surface area contributed by atoms with E-state index in [1.165, 1.54) is 0 Å². The van der Waals surface area contributed by atoms with Crippen molar-refractivity contribution in [2.45, 2.75) is 25.9 Å². The Bertz CT molecular complexity index is 1690. The number of rotatable bonds is 7. The lowest BCUT2D eigenvalue weighted by molar-refractivity contribution is 0.412. The number of anilines is 1. The van der Waals surface area contributed by atoms with Crippen LogP contribution in [0.15, 0.2) is 103 Å². The number of pyridine rings is 1. The number of nitrogens with one attached hydrogen (secondary N) is 1. The Kier molecular flexibility index (Phi) is 7.39. The molecule has 1 fully saturated rings. The molecule has 0 saturated carbocycles. The standard InChI is InChI=1S/C33H29ClN4O2S/c1-21-19-27(22(2)37(21)29-20-23(34)12-17-30(29)39-3)32-31(28-11-7-8-18-35-28)36-33(41)38(32)24-13-15-26(16-14-24)40-25-9-5-4-6-10-25/h4-20,31-32H,1-3H3,(H,36,41)/t31-,32-/m0/s1. The van der Waals surface area contributed by atoms with E-state index in [0.717, 1.165) is 51.3 Å². The van der Waals surface area contributed by atoms with Crippen molar-refractivity contribution in [2.75, 3.05) is 12.0 Å². The van der Waals surface area contributed by atoms with E-state index in [1.54, 1.807) is 7.11 Å². The van der Waals surface area contributed by atoms with Crippen LogP contribution < -0.4 is 19.7 Å². The average molecular weight is 581 g/mol. The summed E-state index contributed by atoms with van der Waals surface area (Å²) in [7, 11) is 1.67. The lowest BCUT2D eigenvalue weighted by Gasteiger charge is -2.28. The van der Waals surface area contributed by atoms with Gasteiger partial charge in [0, 0.05) is 28.3 Å². The highest BCUT2D eigenvalue weighted by atomic mass is 35.5. The molecule has 0 spiro atoms. The topological polar surface area (TPSA) is 51.5 Å². The zero-order valence-corrected chi connectivity index (χ0v) is 24.5. The van der Waals surface area contributed by atoms with Crippen molar-refractivity contribution >= 4 is 34.6 Å². The molecular weight excluding hydrogens is 552 g/mol. The van der Waals surface area contributed by atoms with Gasteiger partial charge in [-0.3, -0.25) is 4.98 Å². The molecule has 2 atom stereocenters. The molecule has 2 aromatic heterocycles. The van der Waals surface area contributed by atoms with Crippen molar-refractivity contribution in [2.24, 2.45) is 0 Å². The molecule has 5 aromatic rings. The maximum Gasteiger partial charge on any atom is 0.174 e. The lowest BCUT2D eigenvalue weighted by Crippen LogP contribution is -2.29. The van der Waals surface area contributed by atoms with E-state index in [2.05, 4.69) is 34.7 Å². The van der Waals surface area contributed by atoms with E-state index in [4.69, 9.17) is 38.3 Å². The number of hydrogen-bond acceptors (Lipinski definition) is 4. The summed E-state index contributed by atoms with van der Waals surface area (Å²) in [6.07, 6.45) is 1.82. The molecular formula is C33H29ClN4O2S. The highest BCUT2D eigenvalue weighted by Gasteiger charge is 2.42. The summed E-state index contributed by atoms with van der Waals surface area (Å²) < 4.78 is 13.9. The summed E-state index contributed by atoms with van der Waals surface area (Å²) in [5, 5.41) is 4.83. The number of aryl methyl sites for hydroxylation is 1. The highest BCUT2D eigenvalue weighted by molar-refractivity contribution is 7.80. The third kappa shape index (κ3) is 5.14. The Labute approximate surface area is 250 Å². The van der Waals surface area contributed by atoms with Crippen molar-refractivity contribution in [3.05, 3.63) is 131 Å². The Morgan fingerprint density at radius 2 is 1.61 bits per heavy atom. The van der Waals surface area contributed by atoms with Crippen molar-refractivity contribution in [1.29, 1.82) is 0 Å². The van der Waals surface area contributed by atoms with Crippen LogP contribution in [-0.2, 0) is 0 Å². The van der Waals surface area contributed by atoms with Crippen molar-refractivity contribution in [3.8, 4) is 22.9 Å². The second kappa shape index (κ2) is 11.3. The van der Waals surface area contributed by atoms with Crippen LogP contribution in [0.4, 0.5) is 5.69 Å². The molecule has 0 aliphatic carbocycles. The number of aromatic nitrogens is 2. The third-order valence-corrected chi connectivity index (χ3v) is 7.91. The molecule has 6 rings (SSSR count). The number of methoxy groups -OCH3 is 1. The van der Waals surface area contributed by atoms with Gasteiger partial charge in [0.05, 0.1) is 30.6 Å². The SMILES string of the molecule is COc1ccc(Cl)cc1-n1c(C)cc([C@H]2[C@H](c3ccccn3)NC(=S)N2c2ccc(Oc3ccccc3)cc2)c1C. The average Bonchev–Trinajstić information content (AvgIpc) is 3.49. The van der Waals surface area contributed by atoms with Crippen LogP contribution in [-0.4, -0.2) is 21.8 Å². The number of nitrogens with zero attached hydrogens (tertiary/aromatic N) is 3. The molecule has 1 aliphatic heterocycles. The highest BCUT2D eigenvalue weighted by Crippen LogP contribution is 2.44. The van der Waals surface area contributed by atoms with Gasteiger partial charge in [-0.2, -0.15) is 0 Å². The van der Waals surface area contributed by atoms with E-state index in [1.807, 2.05) is 97.2 Å². The maximum absolute atomic E-state index is 6.43. The van der Waals surface area contributed by atoms with Crippen LogP contribution in [0.1, 0.15) is 34.7 Å². The van der Waals surface area contributed by atoms with E-state index in [0.29, 0.717) is 10.1 Å². The van der Waals surface area contributed by atoms with Gasteiger partial charge in [-0.05, 0) is 104 Å². The largest absolute Gasteiger partial charge is 0.495 e. The summed E-state index contributed by atoms with van der Waals surface area (Å²) in [6.45, 7) is 4.21. The molecule has 3 heterocycles. The first kappa shape index (κ1) is 26.9. The van der Waals surface area contributed by atoms with Crippen LogP contribution in [0, 0.1) is 13.8 Å². The number of benzene rings is 3. The normalized spacial score (nSPS) is 16.5. The molecule has 206 valence electrons. The number of para-hydroxylation sites is 1. The van der Waals surface area contributed by atoms with Crippen LogP contribution in [0.2, 0.25) is 5.02 Å². The fourth-order valence-corrected chi connectivity index (χ4v) is 6.06. The minimum atomic E-state index is -0.167. The predicted molar refractivity (Wildman–Crippen MR) is 168 cm³/mol. The van der Waals surface area contributed by atoms with Crippen molar-refractivity contribution in [3.63, 3.8) is 0 Å². The Morgan fingerprint density at radius 3 is 2.32 bits per heavy atom. The number of halogens is 1. The Morgan fingerprint density at radius 1 is 0.878 bits per heavy atom. The molecule has 0 bridgehead atoms. The zero-order chi connectivity index (χ0) is 28.5. The number of hydrogen-bond donors (Lipinski definition) is 1. The van der Waals surface area contributed by atoms with E-state index in [9.17, 15) is 0 Å². The first-order valence-electron chi connectivity index (χ1n) is 13.3. The second-order valence-electron chi connectivity index (χ2n) is 9.88. The summed E-state index contributed by atoms with van der Waals surface area (Å²) in [5.41, 5.74) is 6.00. The number of ether oxygens (including phenoxy) is 2. The molecule has 1 saturated heterocycles. The van der Waals surface area contributed by atoms with Crippen molar-refractivity contribution < 1.29 is 9.47 Å². The third-order valence-electron chi connectivity index (χ3n) is 7.36. The summed E-state index contributed by atoms with van der Waals surface area (Å²) in [5.74, 6) is 2.28. The molecule has 6 nitrogen and oxygen atoms in total. The van der Waals surface area contributed by atoms with Gasteiger partial charge in [-0.15, -0.1) is 0 Å². The first-order valence-corrected chi connectivity index (χ1v) is 14.1. The molecule has 41 heavy (non-hydrogen) atoms. The fraction of sp³-hybridized carbons (Fsp3) is 0.152. The lowest BCUT2D eigenvalue weighted by atomic mass is 9.96. The summed E-state index contributed by atoms with van der Waals surface area (Å²) in [4.78, 5) is 6.87. The quantitative estimate of drug-likeness (QED) is 0.196. The van der Waals surface area contributed by atoms with Gasteiger partial charge >= 0.3 is 0 Å². The fourth-order valence-electron chi connectivity index (χ4n) is 5.54. The maximum atomic E-state index is 6.43. The molecule has 0 radical (unpaired) electrons. The molecule has 0 unspecified atom stereocenters. The predicted octanol–water partition coefficient (Wildman–Crippen LogP) is 8.12. The van der Waals surface area contributed by atoms with E-state index < -0.39 is 0 Å². The van der Waals surface area contributed by atoms with Crippen LogP contribution in [0.25, 0.3) is 5.69 Å². The van der Waals surface area contributed by atoms with Crippen molar-refractivity contribution in [1.82, 2.24) is 14.9 Å². The molecule has 1 N–H and O–H groups in total. The van der Waals surface area contributed by atoms with Gasteiger partial charge in [0.15, 0.2) is 5.11 Å². The van der Waals surface area contributed by atoms with Gasteiger partial charge in [-0.1, -0.05) is 35.9 Å². The van der Waals surface area contributed by atoms with Gasteiger partial charge in [0.2, 0.25) is 0 Å². The summed E-state index contributed by atoms with van der Waals surface area (Å²) in [6, 6.07) is 31.3. The number of thiocarbonyl (C=S) groups is 1. The van der Waals surface area contributed by atoms with Crippen LogP contribution >= 0.6 is 23.8 Å². The Hall–Kier alpha value is -4.33. The minimum Gasteiger partial charge on any atom is -0.495 e. The molecule has 8 heteroatoms. The Balaban J connectivity index is 1.44. The van der Waals surface area contributed by atoms with Crippen LogP contribution in [0.5, 0.6) is 17.2 Å². The molecule has 3 aromatic carbocycles. The van der Waals surface area contributed by atoms with E-state index in [-0.39, 0.29) is 12.1 Å². The smallest absolute Gasteiger partial charge is 0.174 e. The van der Waals surface area contributed by atoms with Crippen LogP contribution in [0.3, 0.4) is 0 Å². The zero-order valence-electron chi connectivity index (χ0n) is 22.9. The summed E-state index contributed by atoms with van der Waals surface area (Å²) >= 11 is 12.4. The van der Waals surface area contributed by atoms with Gasteiger partial charge in [-0.25, -0.2) is 0 Å². The van der Waals surface area contributed by atoms with Gasteiger partial charge in [0.25, 0.3) is 0 Å². The van der Waals surface area contributed by atoms with Gasteiger partial charge in [0.1, 0.15) is 17.2 Å². The minimum absolute atomic E-state index is 0.163.